The van der Waals surface area contributed by atoms with Crippen molar-refractivity contribution >= 4 is 11.8 Å². The molecule has 0 heterocycles. The molecule has 6 nitrogen and oxygen atoms in total. The molecule has 0 unspecified atom stereocenters. The van der Waals surface area contributed by atoms with Gasteiger partial charge >= 0.3 is 0 Å². The SMILES string of the molecule is COCCCNC(=O)CN(C)C(=O)CCCN. The first-order valence-electron chi connectivity index (χ1n) is 5.81. The number of amides is 2. The highest BCUT2D eigenvalue weighted by atomic mass is 16.5. The molecule has 100 valence electrons. The topological polar surface area (TPSA) is 84.7 Å². The fourth-order valence-electron chi connectivity index (χ4n) is 1.25. The standard InChI is InChI=1S/C11H23N3O3/c1-14(11(16)5-3-6-12)9-10(15)13-7-4-8-17-2/h3-9,12H2,1-2H3,(H,13,15). The number of carbonyl (C=O) groups is 2. The second kappa shape index (κ2) is 10.0. The Hall–Kier alpha value is -1.14. The molecule has 0 saturated carbocycles. The lowest BCUT2D eigenvalue weighted by atomic mass is 10.3. The zero-order chi connectivity index (χ0) is 13.1. The van der Waals surface area contributed by atoms with Crippen LogP contribution in [0.1, 0.15) is 19.3 Å². The summed E-state index contributed by atoms with van der Waals surface area (Å²) in [6.45, 7) is 1.77. The molecule has 3 N–H and O–H groups in total. The molecule has 0 aliphatic carbocycles. The Morgan fingerprint density at radius 1 is 1.35 bits per heavy atom. The van der Waals surface area contributed by atoms with Crippen LogP contribution in [0.5, 0.6) is 0 Å². The Labute approximate surface area is 102 Å². The number of rotatable bonds is 9. The lowest BCUT2D eigenvalue weighted by Crippen LogP contribution is -2.38. The van der Waals surface area contributed by atoms with Gasteiger partial charge in [-0.1, -0.05) is 0 Å². The molecule has 0 aromatic heterocycles. The normalized spacial score (nSPS) is 10.1. The van der Waals surface area contributed by atoms with Crippen LogP contribution in [-0.4, -0.2) is 57.1 Å². The average molecular weight is 245 g/mol. The predicted octanol–water partition coefficient (Wildman–Crippen LogP) is -0.664. The van der Waals surface area contributed by atoms with Crippen LogP contribution < -0.4 is 11.1 Å². The van der Waals surface area contributed by atoms with Gasteiger partial charge in [0.05, 0.1) is 6.54 Å². The molecule has 0 fully saturated rings. The summed E-state index contributed by atoms with van der Waals surface area (Å²) in [5.74, 6) is -0.202. The summed E-state index contributed by atoms with van der Waals surface area (Å²) in [6.07, 6.45) is 1.82. The van der Waals surface area contributed by atoms with E-state index in [0.717, 1.165) is 6.42 Å². The van der Waals surface area contributed by atoms with Gasteiger partial charge < -0.3 is 20.7 Å². The molecular formula is C11H23N3O3. The van der Waals surface area contributed by atoms with Crippen molar-refractivity contribution in [3.8, 4) is 0 Å². The lowest BCUT2D eigenvalue weighted by Gasteiger charge is -2.16. The highest BCUT2D eigenvalue weighted by Gasteiger charge is 2.11. The van der Waals surface area contributed by atoms with Crippen molar-refractivity contribution in [1.82, 2.24) is 10.2 Å². The average Bonchev–Trinajstić information content (AvgIpc) is 2.31. The largest absolute Gasteiger partial charge is 0.385 e. The molecule has 0 aliphatic rings. The molecule has 0 aromatic rings. The minimum atomic E-state index is -0.148. The quantitative estimate of drug-likeness (QED) is 0.528. The Balaban J connectivity index is 3.67. The van der Waals surface area contributed by atoms with Gasteiger partial charge in [0.25, 0.3) is 0 Å². The molecule has 0 atom stereocenters. The van der Waals surface area contributed by atoms with Gasteiger partial charge in [0.1, 0.15) is 0 Å². The maximum absolute atomic E-state index is 11.5. The number of hydrogen-bond donors (Lipinski definition) is 2. The van der Waals surface area contributed by atoms with Crippen LogP contribution >= 0.6 is 0 Å². The van der Waals surface area contributed by atoms with Gasteiger partial charge in [0, 0.05) is 33.7 Å². The Morgan fingerprint density at radius 3 is 2.65 bits per heavy atom. The van der Waals surface area contributed by atoms with Crippen LogP contribution in [0, 0.1) is 0 Å². The van der Waals surface area contributed by atoms with Crippen LogP contribution in [0.25, 0.3) is 0 Å². The molecule has 0 aliphatic heterocycles. The van der Waals surface area contributed by atoms with E-state index in [4.69, 9.17) is 10.5 Å². The molecular weight excluding hydrogens is 222 g/mol. The monoisotopic (exact) mass is 245 g/mol. The Bertz CT molecular complexity index is 234. The molecule has 17 heavy (non-hydrogen) atoms. The third kappa shape index (κ3) is 8.65. The van der Waals surface area contributed by atoms with Crippen molar-refractivity contribution in [2.45, 2.75) is 19.3 Å². The van der Waals surface area contributed by atoms with Crippen molar-refractivity contribution < 1.29 is 14.3 Å². The number of hydrogen-bond acceptors (Lipinski definition) is 4. The number of likely N-dealkylation sites (N-methyl/N-ethyl adjacent to an activating group) is 1. The van der Waals surface area contributed by atoms with E-state index in [2.05, 4.69) is 5.32 Å². The maximum Gasteiger partial charge on any atom is 0.239 e. The first-order chi connectivity index (χ1) is 8.11. The predicted molar refractivity (Wildman–Crippen MR) is 65.4 cm³/mol. The van der Waals surface area contributed by atoms with E-state index in [1.807, 2.05) is 0 Å². The van der Waals surface area contributed by atoms with Crippen LogP contribution in [0.3, 0.4) is 0 Å². The summed E-state index contributed by atoms with van der Waals surface area (Å²) < 4.78 is 4.86. The summed E-state index contributed by atoms with van der Waals surface area (Å²) >= 11 is 0. The number of carbonyl (C=O) groups excluding carboxylic acids is 2. The van der Waals surface area contributed by atoms with Crippen LogP contribution in [-0.2, 0) is 14.3 Å². The van der Waals surface area contributed by atoms with Crippen molar-refractivity contribution in [2.75, 3.05) is 40.4 Å². The third-order valence-corrected chi connectivity index (χ3v) is 2.25. The Morgan fingerprint density at radius 2 is 2.06 bits per heavy atom. The highest BCUT2D eigenvalue weighted by molar-refractivity contribution is 5.84. The van der Waals surface area contributed by atoms with Gasteiger partial charge in [-0.05, 0) is 19.4 Å². The first-order valence-corrected chi connectivity index (χ1v) is 5.81. The summed E-state index contributed by atoms with van der Waals surface area (Å²) in [5, 5.41) is 2.72. The van der Waals surface area contributed by atoms with Crippen molar-refractivity contribution in [3.05, 3.63) is 0 Å². The van der Waals surface area contributed by atoms with Gasteiger partial charge in [0.2, 0.25) is 11.8 Å². The van der Waals surface area contributed by atoms with Crippen LogP contribution in [0.4, 0.5) is 0 Å². The van der Waals surface area contributed by atoms with Gasteiger partial charge in [-0.3, -0.25) is 9.59 Å². The number of nitrogens with two attached hydrogens (primary N) is 1. The molecule has 0 radical (unpaired) electrons. The van der Waals surface area contributed by atoms with E-state index >= 15 is 0 Å². The second-order valence-electron chi connectivity index (χ2n) is 3.84. The Kier molecular flexibility index (Phi) is 9.37. The van der Waals surface area contributed by atoms with Crippen molar-refractivity contribution in [2.24, 2.45) is 5.73 Å². The van der Waals surface area contributed by atoms with E-state index in [0.29, 0.717) is 32.5 Å². The van der Waals surface area contributed by atoms with E-state index in [1.54, 1.807) is 14.2 Å². The molecule has 0 bridgehead atoms. The minimum Gasteiger partial charge on any atom is -0.385 e. The van der Waals surface area contributed by atoms with Crippen LogP contribution in [0.2, 0.25) is 0 Å². The fourth-order valence-corrected chi connectivity index (χ4v) is 1.25. The van der Waals surface area contributed by atoms with E-state index in [9.17, 15) is 9.59 Å². The lowest BCUT2D eigenvalue weighted by molar-refractivity contribution is -0.134. The first kappa shape index (κ1) is 15.9. The number of methoxy groups -OCH3 is 1. The maximum atomic E-state index is 11.5. The summed E-state index contributed by atoms with van der Waals surface area (Å²) in [5.41, 5.74) is 5.31. The summed E-state index contributed by atoms with van der Waals surface area (Å²) in [6, 6.07) is 0. The van der Waals surface area contributed by atoms with Crippen LogP contribution in [0.15, 0.2) is 0 Å². The van der Waals surface area contributed by atoms with Gasteiger partial charge in [-0.25, -0.2) is 0 Å². The zero-order valence-electron chi connectivity index (χ0n) is 10.7. The van der Waals surface area contributed by atoms with E-state index < -0.39 is 0 Å². The molecule has 0 spiro atoms. The molecule has 2 amide bonds. The molecule has 0 aromatic carbocycles. The van der Waals surface area contributed by atoms with Gasteiger partial charge in [-0.2, -0.15) is 0 Å². The molecule has 0 rings (SSSR count). The fraction of sp³-hybridized carbons (Fsp3) is 0.818. The second-order valence-corrected chi connectivity index (χ2v) is 3.84. The minimum absolute atomic E-state index is 0.0532. The van der Waals surface area contributed by atoms with E-state index in [-0.39, 0.29) is 18.4 Å². The molecule has 6 heteroatoms. The number of nitrogens with zero attached hydrogens (tertiary/aromatic N) is 1. The van der Waals surface area contributed by atoms with E-state index in [1.165, 1.54) is 4.90 Å². The highest BCUT2D eigenvalue weighted by Crippen LogP contribution is 1.94. The smallest absolute Gasteiger partial charge is 0.239 e. The summed E-state index contributed by atoms with van der Waals surface area (Å²) in [4.78, 5) is 24.3. The van der Waals surface area contributed by atoms with Gasteiger partial charge in [-0.15, -0.1) is 0 Å². The summed E-state index contributed by atoms with van der Waals surface area (Å²) in [7, 11) is 3.24. The molecule has 0 saturated heterocycles. The zero-order valence-corrected chi connectivity index (χ0v) is 10.7. The third-order valence-electron chi connectivity index (χ3n) is 2.25. The van der Waals surface area contributed by atoms with Crippen molar-refractivity contribution in [3.63, 3.8) is 0 Å². The van der Waals surface area contributed by atoms with Crippen molar-refractivity contribution in [1.29, 1.82) is 0 Å². The number of ether oxygens (including phenoxy) is 1. The number of nitrogens with one attached hydrogen (secondary N) is 1. The van der Waals surface area contributed by atoms with Gasteiger partial charge in [0.15, 0.2) is 0 Å².